The minimum absolute atomic E-state index is 0.0630. The molecule has 0 radical (unpaired) electrons. The molecule has 112 valence electrons. The zero-order chi connectivity index (χ0) is 15.5. The van der Waals surface area contributed by atoms with Gasteiger partial charge >= 0.3 is 0 Å². The SMILES string of the molecule is CC(C)(C)CC(CN)C(=O)Nc1c(F)cc(F)cc1F. The summed E-state index contributed by atoms with van der Waals surface area (Å²) < 4.78 is 39.7. The van der Waals surface area contributed by atoms with Crippen molar-refractivity contribution >= 4 is 11.6 Å². The molecule has 0 fully saturated rings. The number of anilines is 1. The highest BCUT2D eigenvalue weighted by Crippen LogP contribution is 2.26. The normalized spacial score (nSPS) is 13.2. The van der Waals surface area contributed by atoms with Crippen molar-refractivity contribution in [2.45, 2.75) is 27.2 Å². The Balaban J connectivity index is 2.89. The minimum atomic E-state index is -1.15. The predicted molar refractivity (Wildman–Crippen MR) is 71.6 cm³/mol. The molecule has 0 aromatic heterocycles. The van der Waals surface area contributed by atoms with Crippen LogP contribution in [0.25, 0.3) is 0 Å². The number of benzene rings is 1. The Kier molecular flexibility index (Phi) is 5.16. The molecule has 1 amide bonds. The van der Waals surface area contributed by atoms with Crippen molar-refractivity contribution in [1.29, 1.82) is 0 Å². The summed E-state index contributed by atoms with van der Waals surface area (Å²) >= 11 is 0. The van der Waals surface area contributed by atoms with E-state index >= 15 is 0 Å². The number of amides is 1. The quantitative estimate of drug-likeness (QED) is 0.894. The fourth-order valence-corrected chi connectivity index (χ4v) is 1.91. The molecule has 1 rings (SSSR count). The summed E-state index contributed by atoms with van der Waals surface area (Å²) in [6, 6.07) is 1.03. The Bertz CT molecular complexity index is 475. The molecule has 0 saturated heterocycles. The summed E-state index contributed by atoms with van der Waals surface area (Å²) in [6.45, 7) is 5.86. The maximum atomic E-state index is 13.5. The maximum absolute atomic E-state index is 13.5. The van der Waals surface area contributed by atoms with Crippen LogP contribution in [0.2, 0.25) is 0 Å². The van der Waals surface area contributed by atoms with E-state index in [1.807, 2.05) is 20.8 Å². The van der Waals surface area contributed by atoms with E-state index in [0.29, 0.717) is 18.6 Å². The van der Waals surface area contributed by atoms with Crippen LogP contribution in [0, 0.1) is 28.8 Å². The lowest BCUT2D eigenvalue weighted by Crippen LogP contribution is -2.33. The first-order valence-corrected chi connectivity index (χ1v) is 6.29. The molecule has 1 aromatic rings. The van der Waals surface area contributed by atoms with Gasteiger partial charge in [-0.2, -0.15) is 0 Å². The lowest BCUT2D eigenvalue weighted by Gasteiger charge is -2.24. The third-order valence-electron chi connectivity index (χ3n) is 2.77. The van der Waals surface area contributed by atoms with E-state index < -0.39 is 35.0 Å². The molecule has 0 aliphatic carbocycles. The Morgan fingerprint density at radius 3 is 2.15 bits per heavy atom. The topological polar surface area (TPSA) is 55.1 Å². The third kappa shape index (κ3) is 4.52. The number of carbonyl (C=O) groups excluding carboxylic acids is 1. The van der Waals surface area contributed by atoms with Crippen LogP contribution in [-0.4, -0.2) is 12.5 Å². The van der Waals surface area contributed by atoms with Crippen LogP contribution in [0.4, 0.5) is 18.9 Å². The van der Waals surface area contributed by atoms with Crippen LogP contribution in [-0.2, 0) is 4.79 Å². The number of halogens is 3. The van der Waals surface area contributed by atoms with Crippen LogP contribution in [0.5, 0.6) is 0 Å². The number of rotatable bonds is 4. The van der Waals surface area contributed by atoms with Crippen LogP contribution >= 0.6 is 0 Å². The van der Waals surface area contributed by atoms with E-state index in [4.69, 9.17) is 5.73 Å². The van der Waals surface area contributed by atoms with Gasteiger partial charge in [0, 0.05) is 18.7 Å². The molecule has 1 aromatic carbocycles. The van der Waals surface area contributed by atoms with E-state index in [1.165, 1.54) is 0 Å². The van der Waals surface area contributed by atoms with Crippen molar-refractivity contribution in [2.24, 2.45) is 17.1 Å². The van der Waals surface area contributed by atoms with Crippen LogP contribution in [0.1, 0.15) is 27.2 Å². The fraction of sp³-hybridized carbons (Fsp3) is 0.500. The summed E-state index contributed by atoms with van der Waals surface area (Å²) in [5.74, 6) is -4.49. The monoisotopic (exact) mass is 288 g/mol. The smallest absolute Gasteiger partial charge is 0.228 e. The Hall–Kier alpha value is -1.56. The summed E-state index contributed by atoms with van der Waals surface area (Å²) in [4.78, 5) is 12.0. The van der Waals surface area contributed by atoms with Crippen molar-refractivity contribution in [3.63, 3.8) is 0 Å². The first kappa shape index (κ1) is 16.5. The molecular formula is C14H19F3N2O. The number of nitrogens with two attached hydrogens (primary N) is 1. The van der Waals surface area contributed by atoms with Gasteiger partial charge in [-0.3, -0.25) is 4.79 Å². The van der Waals surface area contributed by atoms with Gasteiger partial charge in [0.2, 0.25) is 5.91 Å². The van der Waals surface area contributed by atoms with Crippen molar-refractivity contribution in [3.05, 3.63) is 29.6 Å². The molecule has 0 bridgehead atoms. The zero-order valence-electron chi connectivity index (χ0n) is 11.8. The number of hydrogen-bond donors (Lipinski definition) is 2. The van der Waals surface area contributed by atoms with E-state index in [2.05, 4.69) is 5.32 Å². The van der Waals surface area contributed by atoms with Gasteiger partial charge in [-0.25, -0.2) is 13.2 Å². The Labute approximate surface area is 116 Å². The van der Waals surface area contributed by atoms with Gasteiger partial charge in [0.15, 0.2) is 11.6 Å². The van der Waals surface area contributed by atoms with Gasteiger partial charge in [0.25, 0.3) is 0 Å². The average molecular weight is 288 g/mol. The third-order valence-corrected chi connectivity index (χ3v) is 2.77. The molecule has 0 heterocycles. The van der Waals surface area contributed by atoms with Crippen molar-refractivity contribution in [3.8, 4) is 0 Å². The van der Waals surface area contributed by atoms with Crippen molar-refractivity contribution in [2.75, 3.05) is 11.9 Å². The summed E-state index contributed by atoms with van der Waals surface area (Å²) in [5.41, 5.74) is 4.73. The Morgan fingerprint density at radius 2 is 1.75 bits per heavy atom. The molecule has 0 saturated carbocycles. The van der Waals surface area contributed by atoms with Crippen LogP contribution in [0.15, 0.2) is 12.1 Å². The van der Waals surface area contributed by atoms with Crippen LogP contribution < -0.4 is 11.1 Å². The molecule has 1 unspecified atom stereocenters. The van der Waals surface area contributed by atoms with E-state index in [-0.39, 0.29) is 12.0 Å². The molecule has 3 N–H and O–H groups in total. The average Bonchev–Trinajstić information content (AvgIpc) is 2.29. The lowest BCUT2D eigenvalue weighted by atomic mass is 9.84. The molecule has 6 heteroatoms. The predicted octanol–water partition coefficient (Wildman–Crippen LogP) is 3.05. The summed E-state index contributed by atoms with van der Waals surface area (Å²) in [5, 5.41) is 2.14. The second kappa shape index (κ2) is 6.26. The molecule has 20 heavy (non-hydrogen) atoms. The minimum Gasteiger partial charge on any atom is -0.330 e. The van der Waals surface area contributed by atoms with E-state index in [1.54, 1.807) is 0 Å². The second-order valence-corrected chi connectivity index (χ2v) is 5.93. The molecular weight excluding hydrogens is 269 g/mol. The summed E-state index contributed by atoms with van der Waals surface area (Å²) in [6.07, 6.45) is 0.472. The highest BCUT2D eigenvalue weighted by molar-refractivity contribution is 5.93. The van der Waals surface area contributed by atoms with Gasteiger partial charge in [-0.05, 0) is 11.8 Å². The molecule has 0 aliphatic rings. The standard InChI is InChI=1S/C14H19F3N2O/c1-14(2,3)6-8(7-18)13(20)19-12-10(16)4-9(15)5-11(12)17/h4-5,8H,6-7,18H2,1-3H3,(H,19,20). The van der Waals surface area contributed by atoms with Crippen molar-refractivity contribution < 1.29 is 18.0 Å². The van der Waals surface area contributed by atoms with E-state index in [0.717, 1.165) is 0 Å². The van der Waals surface area contributed by atoms with Crippen molar-refractivity contribution in [1.82, 2.24) is 0 Å². The molecule has 1 atom stereocenters. The van der Waals surface area contributed by atoms with Gasteiger partial charge in [0.05, 0.1) is 5.92 Å². The Morgan fingerprint density at radius 1 is 1.25 bits per heavy atom. The van der Waals surface area contributed by atoms with Gasteiger partial charge in [-0.15, -0.1) is 0 Å². The first-order chi connectivity index (χ1) is 9.14. The largest absolute Gasteiger partial charge is 0.330 e. The highest BCUT2D eigenvalue weighted by atomic mass is 19.1. The first-order valence-electron chi connectivity index (χ1n) is 6.29. The van der Waals surface area contributed by atoms with Gasteiger partial charge < -0.3 is 11.1 Å². The summed E-state index contributed by atoms with van der Waals surface area (Å²) in [7, 11) is 0. The van der Waals surface area contributed by atoms with E-state index in [9.17, 15) is 18.0 Å². The fourth-order valence-electron chi connectivity index (χ4n) is 1.91. The van der Waals surface area contributed by atoms with Gasteiger partial charge in [-0.1, -0.05) is 20.8 Å². The van der Waals surface area contributed by atoms with Gasteiger partial charge in [0.1, 0.15) is 11.5 Å². The number of hydrogen-bond acceptors (Lipinski definition) is 2. The molecule has 0 spiro atoms. The molecule has 3 nitrogen and oxygen atoms in total. The number of carbonyl (C=O) groups is 1. The van der Waals surface area contributed by atoms with Crippen LogP contribution in [0.3, 0.4) is 0 Å². The second-order valence-electron chi connectivity index (χ2n) is 5.93. The number of nitrogens with one attached hydrogen (secondary N) is 1. The lowest BCUT2D eigenvalue weighted by molar-refractivity contribution is -0.120. The maximum Gasteiger partial charge on any atom is 0.228 e. The molecule has 0 aliphatic heterocycles. The zero-order valence-corrected chi connectivity index (χ0v) is 11.8. The highest BCUT2D eigenvalue weighted by Gasteiger charge is 2.25.